The number of carbonyl (C=O) groups excluding carboxylic acids is 1. The van der Waals surface area contributed by atoms with Crippen LogP contribution in [0.5, 0.6) is 0 Å². The van der Waals surface area contributed by atoms with E-state index in [1.54, 1.807) is 7.11 Å². The van der Waals surface area contributed by atoms with Crippen molar-refractivity contribution >= 4 is 5.97 Å². The summed E-state index contributed by atoms with van der Waals surface area (Å²) >= 11 is 0. The molecule has 0 aromatic heterocycles. The van der Waals surface area contributed by atoms with E-state index in [0.717, 1.165) is 0 Å². The van der Waals surface area contributed by atoms with Crippen LogP contribution in [0.3, 0.4) is 0 Å². The Morgan fingerprint density at radius 3 is 2.54 bits per heavy atom. The van der Waals surface area contributed by atoms with E-state index in [0.29, 0.717) is 12.0 Å². The summed E-state index contributed by atoms with van der Waals surface area (Å²) in [6.45, 7) is 5.64. The molecule has 0 fully saturated rings. The monoisotopic (exact) mass is 188 g/mol. The molecule has 0 saturated heterocycles. The Labute approximate surface area is 78.5 Å². The highest BCUT2D eigenvalue weighted by Crippen LogP contribution is 2.07. The zero-order valence-corrected chi connectivity index (χ0v) is 8.33. The van der Waals surface area contributed by atoms with Crippen LogP contribution in [0.1, 0.15) is 13.3 Å². The molecule has 1 atom stereocenters. The Hall–Kier alpha value is -0.870. The SMILES string of the molecule is C=C(CC(C)OCOC)C(=O)OC. The molecule has 76 valence electrons. The van der Waals surface area contributed by atoms with Crippen molar-refractivity contribution in [2.45, 2.75) is 19.4 Å². The number of ether oxygens (including phenoxy) is 3. The Kier molecular flexibility index (Phi) is 6.18. The van der Waals surface area contributed by atoms with Crippen LogP contribution in [-0.2, 0) is 19.0 Å². The third kappa shape index (κ3) is 5.38. The summed E-state index contributed by atoms with van der Waals surface area (Å²) in [6.07, 6.45) is 0.363. The Morgan fingerprint density at radius 2 is 2.08 bits per heavy atom. The molecule has 0 spiro atoms. The van der Waals surface area contributed by atoms with Gasteiger partial charge in [0.05, 0.1) is 13.2 Å². The summed E-state index contributed by atoms with van der Waals surface area (Å²) in [5, 5.41) is 0. The van der Waals surface area contributed by atoms with Crippen LogP contribution < -0.4 is 0 Å². The second-order valence-electron chi connectivity index (χ2n) is 2.68. The van der Waals surface area contributed by atoms with Gasteiger partial charge in [-0.3, -0.25) is 0 Å². The molecule has 0 rings (SSSR count). The van der Waals surface area contributed by atoms with Crippen molar-refractivity contribution in [2.75, 3.05) is 21.0 Å². The van der Waals surface area contributed by atoms with Gasteiger partial charge in [-0.2, -0.15) is 0 Å². The highest BCUT2D eigenvalue weighted by Gasteiger charge is 2.11. The summed E-state index contributed by atoms with van der Waals surface area (Å²) in [6, 6.07) is 0. The molecule has 1 unspecified atom stereocenters. The summed E-state index contributed by atoms with van der Waals surface area (Å²) in [7, 11) is 2.87. The first-order valence-corrected chi connectivity index (χ1v) is 3.98. The van der Waals surface area contributed by atoms with Gasteiger partial charge in [0.25, 0.3) is 0 Å². The summed E-state index contributed by atoms with van der Waals surface area (Å²) in [5.74, 6) is -0.395. The van der Waals surface area contributed by atoms with E-state index in [1.165, 1.54) is 7.11 Å². The number of carbonyl (C=O) groups is 1. The van der Waals surface area contributed by atoms with Gasteiger partial charge >= 0.3 is 5.97 Å². The molecule has 0 aliphatic carbocycles. The molecule has 0 bridgehead atoms. The average molecular weight is 188 g/mol. The topological polar surface area (TPSA) is 44.8 Å². The Bertz CT molecular complexity index is 176. The Morgan fingerprint density at radius 1 is 1.46 bits per heavy atom. The van der Waals surface area contributed by atoms with E-state index in [9.17, 15) is 4.79 Å². The van der Waals surface area contributed by atoms with E-state index in [1.807, 2.05) is 6.92 Å². The molecule has 0 heterocycles. The van der Waals surface area contributed by atoms with Crippen molar-refractivity contribution in [2.24, 2.45) is 0 Å². The zero-order valence-electron chi connectivity index (χ0n) is 8.33. The minimum Gasteiger partial charge on any atom is -0.466 e. The molecule has 4 heteroatoms. The predicted octanol–water partition coefficient (Wildman–Crippen LogP) is 1.11. The molecule has 4 nitrogen and oxygen atoms in total. The quantitative estimate of drug-likeness (QED) is 0.356. The molecule has 13 heavy (non-hydrogen) atoms. The first-order chi connectivity index (χ1) is 6.11. The maximum absolute atomic E-state index is 10.9. The van der Waals surface area contributed by atoms with Crippen molar-refractivity contribution in [3.8, 4) is 0 Å². The van der Waals surface area contributed by atoms with Crippen molar-refractivity contribution in [1.29, 1.82) is 0 Å². The molecular formula is C9H16O4. The van der Waals surface area contributed by atoms with Crippen LogP contribution in [-0.4, -0.2) is 33.1 Å². The number of rotatable bonds is 6. The van der Waals surface area contributed by atoms with Crippen LogP contribution >= 0.6 is 0 Å². The first kappa shape index (κ1) is 12.1. The molecule has 0 amide bonds. The predicted molar refractivity (Wildman–Crippen MR) is 48.2 cm³/mol. The van der Waals surface area contributed by atoms with Gasteiger partial charge in [0.15, 0.2) is 0 Å². The molecule has 0 aromatic carbocycles. The van der Waals surface area contributed by atoms with Crippen LogP contribution in [0.25, 0.3) is 0 Å². The standard InChI is InChI=1S/C9H16O4/c1-7(9(10)12-4)5-8(2)13-6-11-3/h8H,1,5-6H2,2-4H3. The van der Waals surface area contributed by atoms with Gasteiger partial charge in [0.2, 0.25) is 0 Å². The first-order valence-electron chi connectivity index (χ1n) is 3.98. The molecule has 0 aromatic rings. The van der Waals surface area contributed by atoms with Crippen molar-refractivity contribution in [3.63, 3.8) is 0 Å². The fourth-order valence-corrected chi connectivity index (χ4v) is 0.818. The van der Waals surface area contributed by atoms with Crippen LogP contribution in [0, 0.1) is 0 Å². The largest absolute Gasteiger partial charge is 0.466 e. The maximum atomic E-state index is 10.9. The van der Waals surface area contributed by atoms with E-state index in [4.69, 9.17) is 9.47 Å². The lowest BCUT2D eigenvalue weighted by Gasteiger charge is -2.12. The fourth-order valence-electron chi connectivity index (χ4n) is 0.818. The highest BCUT2D eigenvalue weighted by atomic mass is 16.7. The number of methoxy groups -OCH3 is 2. The lowest BCUT2D eigenvalue weighted by atomic mass is 10.1. The van der Waals surface area contributed by atoms with Gasteiger partial charge in [-0.25, -0.2) is 4.79 Å². The number of esters is 1. The minimum atomic E-state index is -0.395. The second-order valence-corrected chi connectivity index (χ2v) is 2.68. The summed E-state index contributed by atoms with van der Waals surface area (Å²) in [4.78, 5) is 10.9. The van der Waals surface area contributed by atoms with Gasteiger partial charge in [-0.05, 0) is 6.92 Å². The van der Waals surface area contributed by atoms with E-state index < -0.39 is 5.97 Å². The van der Waals surface area contributed by atoms with Crippen molar-refractivity contribution < 1.29 is 19.0 Å². The molecule has 0 saturated carbocycles. The van der Waals surface area contributed by atoms with E-state index in [-0.39, 0.29) is 12.9 Å². The van der Waals surface area contributed by atoms with Gasteiger partial charge in [-0.15, -0.1) is 0 Å². The van der Waals surface area contributed by atoms with Crippen molar-refractivity contribution in [3.05, 3.63) is 12.2 Å². The third-order valence-corrected chi connectivity index (χ3v) is 1.48. The lowest BCUT2D eigenvalue weighted by molar-refractivity contribution is -0.137. The van der Waals surface area contributed by atoms with Crippen LogP contribution in [0.2, 0.25) is 0 Å². The number of hydrogen-bond donors (Lipinski definition) is 0. The maximum Gasteiger partial charge on any atom is 0.333 e. The van der Waals surface area contributed by atoms with Gasteiger partial charge in [0.1, 0.15) is 6.79 Å². The smallest absolute Gasteiger partial charge is 0.333 e. The summed E-state index contributed by atoms with van der Waals surface area (Å²) in [5.41, 5.74) is 0.408. The van der Waals surface area contributed by atoms with Gasteiger partial charge in [0, 0.05) is 19.1 Å². The molecular weight excluding hydrogens is 172 g/mol. The lowest BCUT2D eigenvalue weighted by Crippen LogP contribution is -2.15. The van der Waals surface area contributed by atoms with Crippen LogP contribution in [0.4, 0.5) is 0 Å². The third-order valence-electron chi connectivity index (χ3n) is 1.48. The molecule has 0 aliphatic heterocycles. The molecule has 0 N–H and O–H groups in total. The summed E-state index contributed by atoms with van der Waals surface area (Å²) < 4.78 is 14.4. The number of hydrogen-bond acceptors (Lipinski definition) is 4. The normalized spacial score (nSPS) is 12.2. The van der Waals surface area contributed by atoms with E-state index >= 15 is 0 Å². The molecule has 0 radical (unpaired) electrons. The fraction of sp³-hybridized carbons (Fsp3) is 0.667. The van der Waals surface area contributed by atoms with Gasteiger partial charge < -0.3 is 14.2 Å². The second kappa shape index (κ2) is 6.62. The minimum absolute atomic E-state index is 0.0912. The molecule has 0 aliphatic rings. The van der Waals surface area contributed by atoms with E-state index in [2.05, 4.69) is 11.3 Å². The Balaban J connectivity index is 3.71. The van der Waals surface area contributed by atoms with Crippen LogP contribution in [0.15, 0.2) is 12.2 Å². The van der Waals surface area contributed by atoms with Crippen molar-refractivity contribution in [1.82, 2.24) is 0 Å². The highest BCUT2D eigenvalue weighted by molar-refractivity contribution is 5.87. The zero-order chi connectivity index (χ0) is 10.3. The average Bonchev–Trinajstić information content (AvgIpc) is 2.13. The van der Waals surface area contributed by atoms with Gasteiger partial charge in [-0.1, -0.05) is 6.58 Å².